The van der Waals surface area contributed by atoms with Crippen molar-refractivity contribution in [2.24, 2.45) is 0 Å². The Kier molecular flexibility index (Phi) is 3.51. The molecule has 0 saturated heterocycles. The van der Waals surface area contributed by atoms with E-state index in [-0.39, 0.29) is 4.47 Å². The van der Waals surface area contributed by atoms with E-state index in [1.807, 2.05) is 0 Å². The van der Waals surface area contributed by atoms with Gasteiger partial charge in [0.1, 0.15) is 10.2 Å². The average Bonchev–Trinajstić information content (AvgIpc) is 1.99. The molecule has 0 heterocycles. The molecule has 82 valence electrons. The van der Waals surface area contributed by atoms with Gasteiger partial charge in [-0.15, -0.1) is 0 Å². The van der Waals surface area contributed by atoms with Gasteiger partial charge in [-0.1, -0.05) is 0 Å². The van der Waals surface area contributed by atoms with E-state index < -0.39 is 28.8 Å². The number of alkyl halides is 2. The van der Waals surface area contributed by atoms with Crippen molar-refractivity contribution in [3.63, 3.8) is 0 Å². The molecule has 1 aromatic rings. The van der Waals surface area contributed by atoms with Gasteiger partial charge in [-0.25, -0.2) is 0 Å². The lowest BCUT2D eigenvalue weighted by atomic mass is 10.3. The Labute approximate surface area is 89.9 Å². The largest absolute Gasteiger partial charge is 0.435 e. The van der Waals surface area contributed by atoms with E-state index in [0.29, 0.717) is 6.07 Å². The van der Waals surface area contributed by atoms with Crippen molar-refractivity contribution in [1.82, 2.24) is 0 Å². The van der Waals surface area contributed by atoms with Crippen molar-refractivity contribution in [1.29, 1.82) is 0 Å². The van der Waals surface area contributed by atoms with Crippen LogP contribution in [-0.4, -0.2) is 11.5 Å². The Morgan fingerprint density at radius 2 is 2.07 bits per heavy atom. The lowest BCUT2D eigenvalue weighted by Gasteiger charge is -2.05. The minimum atomic E-state index is -3.11. The van der Waals surface area contributed by atoms with E-state index in [1.54, 1.807) is 0 Å². The monoisotopic (exact) mass is 285 g/mol. The number of nitro groups is 1. The van der Waals surface area contributed by atoms with Crippen LogP contribution in [-0.2, 0) is 0 Å². The summed E-state index contributed by atoms with van der Waals surface area (Å²) in [5, 5.41) is 10.3. The molecule has 0 spiro atoms. The Morgan fingerprint density at radius 3 is 2.47 bits per heavy atom. The Balaban J connectivity index is 3.14. The molecule has 15 heavy (non-hydrogen) atoms. The summed E-state index contributed by atoms with van der Waals surface area (Å²) >= 11 is 2.68. The average molecular weight is 286 g/mol. The Bertz CT molecular complexity index is 376. The van der Waals surface area contributed by atoms with Crippen LogP contribution in [0.2, 0.25) is 0 Å². The van der Waals surface area contributed by atoms with E-state index in [0.717, 1.165) is 6.07 Å². The highest BCUT2D eigenvalue weighted by molar-refractivity contribution is 9.10. The van der Waals surface area contributed by atoms with Gasteiger partial charge in [0.15, 0.2) is 0 Å². The molecule has 0 aliphatic heterocycles. The third-order valence-electron chi connectivity index (χ3n) is 1.40. The zero-order chi connectivity index (χ0) is 11.6. The van der Waals surface area contributed by atoms with Gasteiger partial charge < -0.3 is 4.74 Å². The maximum Gasteiger partial charge on any atom is 0.387 e. The van der Waals surface area contributed by atoms with Crippen LogP contribution in [0, 0.1) is 15.9 Å². The first-order chi connectivity index (χ1) is 6.91. The fourth-order valence-electron chi connectivity index (χ4n) is 0.888. The van der Waals surface area contributed by atoms with Crippen molar-refractivity contribution in [3.05, 3.63) is 32.5 Å². The summed E-state index contributed by atoms with van der Waals surface area (Å²) in [6.07, 6.45) is 0. The topological polar surface area (TPSA) is 52.4 Å². The quantitative estimate of drug-likeness (QED) is 0.633. The van der Waals surface area contributed by atoms with Crippen LogP contribution in [0.4, 0.5) is 18.9 Å². The van der Waals surface area contributed by atoms with Crippen molar-refractivity contribution in [3.8, 4) is 5.75 Å². The molecule has 0 fully saturated rings. The molecule has 0 bridgehead atoms. The van der Waals surface area contributed by atoms with Gasteiger partial charge in [0.25, 0.3) is 0 Å². The number of halogens is 4. The molecule has 4 nitrogen and oxygen atoms in total. The van der Waals surface area contributed by atoms with Crippen LogP contribution < -0.4 is 4.74 Å². The molecule has 8 heteroatoms. The molecule has 0 amide bonds. The highest BCUT2D eigenvalue weighted by Crippen LogP contribution is 2.32. The third-order valence-corrected chi connectivity index (χ3v) is 2.00. The van der Waals surface area contributed by atoms with Gasteiger partial charge in [-0.2, -0.15) is 13.2 Å². The van der Waals surface area contributed by atoms with Gasteiger partial charge >= 0.3 is 12.3 Å². The van der Waals surface area contributed by atoms with Crippen LogP contribution in [0.5, 0.6) is 5.75 Å². The summed E-state index contributed by atoms with van der Waals surface area (Å²) in [4.78, 5) is 9.36. The summed E-state index contributed by atoms with van der Waals surface area (Å²) in [5.41, 5.74) is -0.823. The number of rotatable bonds is 3. The number of benzene rings is 1. The number of nitro benzene ring substituents is 1. The maximum atomic E-state index is 13.0. The van der Waals surface area contributed by atoms with Crippen molar-refractivity contribution < 1.29 is 22.8 Å². The van der Waals surface area contributed by atoms with E-state index in [9.17, 15) is 23.3 Å². The molecule has 1 aromatic carbocycles. The third kappa shape index (κ3) is 2.82. The standard InChI is InChI=1S/C7H3BrF3NO3/c8-4-1-3(15-7(10)11)2-5(9)6(4)12(13)14/h1-2,7H. The van der Waals surface area contributed by atoms with E-state index in [4.69, 9.17) is 0 Å². The molecular formula is C7H3BrF3NO3. The van der Waals surface area contributed by atoms with Crippen molar-refractivity contribution in [2.45, 2.75) is 6.61 Å². The summed E-state index contributed by atoms with van der Waals surface area (Å²) in [7, 11) is 0. The summed E-state index contributed by atoms with van der Waals surface area (Å²) in [6.45, 7) is -3.11. The predicted molar refractivity (Wildman–Crippen MR) is 47.4 cm³/mol. The molecule has 1 rings (SSSR count). The fourth-order valence-corrected chi connectivity index (χ4v) is 1.45. The van der Waals surface area contributed by atoms with Gasteiger partial charge in [0.2, 0.25) is 5.82 Å². The number of hydrogen-bond donors (Lipinski definition) is 0. The van der Waals surface area contributed by atoms with Crippen LogP contribution in [0.1, 0.15) is 0 Å². The van der Waals surface area contributed by atoms with E-state index >= 15 is 0 Å². The van der Waals surface area contributed by atoms with Crippen LogP contribution in [0.3, 0.4) is 0 Å². The molecule has 0 saturated carbocycles. The highest BCUT2D eigenvalue weighted by atomic mass is 79.9. The molecule has 0 N–H and O–H groups in total. The lowest BCUT2D eigenvalue weighted by molar-refractivity contribution is -0.388. The van der Waals surface area contributed by atoms with E-state index in [1.165, 1.54) is 0 Å². The summed E-state index contributed by atoms with van der Waals surface area (Å²) in [5.74, 6) is -1.73. The van der Waals surface area contributed by atoms with Gasteiger partial charge in [-0.05, 0) is 15.9 Å². The van der Waals surface area contributed by atoms with Crippen molar-refractivity contribution >= 4 is 21.6 Å². The fraction of sp³-hybridized carbons (Fsp3) is 0.143. The molecule has 0 unspecified atom stereocenters. The molecule has 0 radical (unpaired) electrons. The second-order valence-electron chi connectivity index (χ2n) is 2.37. The zero-order valence-corrected chi connectivity index (χ0v) is 8.50. The predicted octanol–water partition coefficient (Wildman–Crippen LogP) is 3.10. The van der Waals surface area contributed by atoms with E-state index in [2.05, 4.69) is 20.7 Å². The lowest BCUT2D eigenvalue weighted by Crippen LogP contribution is -2.03. The maximum absolute atomic E-state index is 13.0. The van der Waals surface area contributed by atoms with Crippen LogP contribution in [0.25, 0.3) is 0 Å². The molecule has 0 aliphatic carbocycles. The summed E-state index contributed by atoms with van der Waals surface area (Å²) < 4.78 is 40.1. The Hall–Kier alpha value is -1.31. The summed E-state index contributed by atoms with van der Waals surface area (Å²) in [6, 6.07) is 1.42. The SMILES string of the molecule is O=[N+]([O-])c1c(F)cc(OC(F)F)cc1Br. The first kappa shape index (κ1) is 11.8. The number of ether oxygens (including phenoxy) is 1. The van der Waals surface area contributed by atoms with Crippen LogP contribution in [0.15, 0.2) is 16.6 Å². The Morgan fingerprint density at radius 1 is 1.47 bits per heavy atom. The second-order valence-corrected chi connectivity index (χ2v) is 3.23. The molecular weight excluding hydrogens is 283 g/mol. The smallest absolute Gasteiger partial charge is 0.387 e. The first-order valence-electron chi connectivity index (χ1n) is 3.50. The molecule has 0 aliphatic rings. The number of hydrogen-bond acceptors (Lipinski definition) is 3. The molecule has 0 atom stereocenters. The minimum Gasteiger partial charge on any atom is -0.435 e. The minimum absolute atomic E-state index is 0.261. The van der Waals surface area contributed by atoms with Gasteiger partial charge in [0.05, 0.1) is 4.92 Å². The first-order valence-corrected chi connectivity index (χ1v) is 4.29. The molecule has 0 aromatic heterocycles. The van der Waals surface area contributed by atoms with Crippen LogP contribution >= 0.6 is 15.9 Å². The highest BCUT2D eigenvalue weighted by Gasteiger charge is 2.21. The number of nitrogens with zero attached hydrogens (tertiary/aromatic N) is 1. The normalized spacial score (nSPS) is 10.5. The van der Waals surface area contributed by atoms with Gasteiger partial charge in [-0.3, -0.25) is 10.1 Å². The van der Waals surface area contributed by atoms with Crippen molar-refractivity contribution in [2.75, 3.05) is 0 Å². The van der Waals surface area contributed by atoms with Gasteiger partial charge in [0, 0.05) is 12.1 Å². The second kappa shape index (κ2) is 4.47. The zero-order valence-electron chi connectivity index (χ0n) is 6.92.